The summed E-state index contributed by atoms with van der Waals surface area (Å²) in [5.41, 5.74) is 3.92. The number of hydrogen-bond acceptors (Lipinski definition) is 7. The summed E-state index contributed by atoms with van der Waals surface area (Å²) < 4.78 is 34.6. The molecule has 0 saturated carbocycles. The van der Waals surface area contributed by atoms with Crippen molar-refractivity contribution in [3.63, 3.8) is 0 Å². The average molecular weight is 384 g/mol. The van der Waals surface area contributed by atoms with Crippen LogP contribution in [0.15, 0.2) is 28.8 Å². The van der Waals surface area contributed by atoms with Gasteiger partial charge in [-0.2, -0.15) is 0 Å². The predicted molar refractivity (Wildman–Crippen MR) is 95.5 cm³/mol. The van der Waals surface area contributed by atoms with Crippen LogP contribution < -0.4 is 10.3 Å². The van der Waals surface area contributed by atoms with E-state index in [2.05, 4.69) is 10.3 Å². The summed E-state index contributed by atoms with van der Waals surface area (Å²) in [4.78, 5) is 25.9. The number of carbonyl (C=O) groups excluding carboxylic acids is 2. The first-order chi connectivity index (χ1) is 12.1. The third-order valence-electron chi connectivity index (χ3n) is 3.27. The second-order valence-corrected chi connectivity index (χ2v) is 7.10. The van der Waals surface area contributed by atoms with Crippen LogP contribution in [0.2, 0.25) is 0 Å². The number of rotatable bonds is 8. The second-order valence-electron chi connectivity index (χ2n) is 5.48. The maximum absolute atomic E-state index is 12.5. The van der Waals surface area contributed by atoms with Gasteiger partial charge in [-0.15, -0.1) is 4.83 Å². The molecule has 9 heteroatoms. The molecule has 0 aromatic heterocycles. The van der Waals surface area contributed by atoms with E-state index in [1.165, 1.54) is 0 Å². The van der Waals surface area contributed by atoms with Crippen LogP contribution in [0, 0.1) is 20.8 Å². The largest absolute Gasteiger partial charge is 0.462 e. The Labute approximate surface area is 153 Å². The zero-order valence-corrected chi connectivity index (χ0v) is 16.3. The molecular weight excluding hydrogens is 360 g/mol. The Morgan fingerprint density at radius 3 is 1.88 bits per heavy atom. The normalized spacial score (nSPS) is 10.8. The number of sulfonamides is 1. The summed E-state index contributed by atoms with van der Waals surface area (Å²) in [6.07, 6.45) is 0.909. The first kappa shape index (κ1) is 21.7. The molecule has 0 unspecified atom stereocenters. The molecule has 8 nitrogen and oxygen atoms in total. The minimum atomic E-state index is -3.92. The summed E-state index contributed by atoms with van der Waals surface area (Å²) in [6.45, 7) is 8.53. The molecule has 0 aliphatic rings. The molecule has 0 aliphatic heterocycles. The van der Waals surface area contributed by atoms with Crippen LogP contribution in [0.5, 0.6) is 0 Å². The standard InChI is InChI=1S/C17H24N2O6S/c1-6-24-16(20)14(17(21)25-7-2)10-18-19-26(22,23)15-12(4)8-11(3)9-13(15)5/h8-10,18-19H,6-7H2,1-5H3. The first-order valence-corrected chi connectivity index (χ1v) is 9.51. The van der Waals surface area contributed by atoms with Gasteiger partial charge in [-0.1, -0.05) is 17.7 Å². The van der Waals surface area contributed by atoms with Crippen molar-refractivity contribution in [1.82, 2.24) is 10.3 Å². The maximum Gasteiger partial charge on any atom is 0.347 e. The Bertz CT molecular complexity index is 772. The minimum absolute atomic E-state index is 0.0586. The van der Waals surface area contributed by atoms with Crippen molar-refractivity contribution < 1.29 is 27.5 Å². The molecule has 1 aromatic rings. The quantitative estimate of drug-likeness (QED) is 0.229. The van der Waals surface area contributed by atoms with Crippen LogP contribution in [0.1, 0.15) is 30.5 Å². The van der Waals surface area contributed by atoms with Gasteiger partial charge in [-0.3, -0.25) is 0 Å². The van der Waals surface area contributed by atoms with Crippen molar-refractivity contribution in [2.24, 2.45) is 0 Å². The summed E-state index contributed by atoms with van der Waals surface area (Å²) in [5, 5.41) is 0. The van der Waals surface area contributed by atoms with Crippen molar-refractivity contribution in [3.05, 3.63) is 40.6 Å². The number of nitrogens with one attached hydrogen (secondary N) is 2. The topological polar surface area (TPSA) is 111 Å². The van der Waals surface area contributed by atoms with Crippen molar-refractivity contribution in [3.8, 4) is 0 Å². The molecule has 144 valence electrons. The van der Waals surface area contributed by atoms with E-state index in [1.54, 1.807) is 39.8 Å². The monoisotopic (exact) mass is 384 g/mol. The van der Waals surface area contributed by atoms with E-state index in [4.69, 9.17) is 9.47 Å². The number of hydrogen-bond donors (Lipinski definition) is 2. The molecule has 0 fully saturated rings. The third-order valence-corrected chi connectivity index (χ3v) is 4.84. The van der Waals surface area contributed by atoms with E-state index in [0.29, 0.717) is 11.1 Å². The molecule has 0 saturated heterocycles. The van der Waals surface area contributed by atoms with Crippen LogP contribution in [0.4, 0.5) is 0 Å². The molecule has 0 heterocycles. The smallest absolute Gasteiger partial charge is 0.347 e. The number of aryl methyl sites for hydroxylation is 3. The Morgan fingerprint density at radius 2 is 1.46 bits per heavy atom. The van der Waals surface area contributed by atoms with E-state index in [1.807, 2.05) is 6.92 Å². The van der Waals surface area contributed by atoms with Crippen LogP contribution in [-0.2, 0) is 29.1 Å². The Balaban J connectivity index is 3.05. The van der Waals surface area contributed by atoms with Gasteiger partial charge < -0.3 is 14.9 Å². The maximum atomic E-state index is 12.5. The molecule has 1 aromatic carbocycles. The summed E-state index contributed by atoms with van der Waals surface area (Å²) in [7, 11) is -3.92. The highest BCUT2D eigenvalue weighted by Crippen LogP contribution is 2.21. The summed E-state index contributed by atoms with van der Waals surface area (Å²) in [6, 6.07) is 3.50. The van der Waals surface area contributed by atoms with Crippen LogP contribution >= 0.6 is 0 Å². The van der Waals surface area contributed by atoms with Crippen molar-refractivity contribution in [2.45, 2.75) is 39.5 Å². The van der Waals surface area contributed by atoms with Crippen LogP contribution in [0.3, 0.4) is 0 Å². The van der Waals surface area contributed by atoms with Gasteiger partial charge in [0, 0.05) is 6.20 Å². The van der Waals surface area contributed by atoms with E-state index in [-0.39, 0.29) is 18.1 Å². The zero-order chi connectivity index (χ0) is 19.9. The van der Waals surface area contributed by atoms with Gasteiger partial charge in [0.1, 0.15) is 0 Å². The lowest BCUT2D eigenvalue weighted by molar-refractivity contribution is -0.146. The van der Waals surface area contributed by atoms with Crippen molar-refractivity contribution >= 4 is 22.0 Å². The minimum Gasteiger partial charge on any atom is -0.462 e. The van der Waals surface area contributed by atoms with Gasteiger partial charge in [0.15, 0.2) is 5.57 Å². The Kier molecular flexibility index (Phi) is 7.78. The molecular formula is C17H24N2O6S. The first-order valence-electron chi connectivity index (χ1n) is 8.03. The highest BCUT2D eigenvalue weighted by atomic mass is 32.2. The lowest BCUT2D eigenvalue weighted by Gasteiger charge is -2.13. The molecule has 2 N–H and O–H groups in total. The number of esters is 2. The van der Waals surface area contributed by atoms with Crippen molar-refractivity contribution in [2.75, 3.05) is 13.2 Å². The number of ether oxygens (including phenoxy) is 2. The summed E-state index contributed by atoms with van der Waals surface area (Å²) in [5.74, 6) is -1.83. The molecule has 0 aliphatic carbocycles. The van der Waals surface area contributed by atoms with Crippen LogP contribution in [0.25, 0.3) is 0 Å². The lowest BCUT2D eigenvalue weighted by Crippen LogP contribution is -2.36. The molecule has 0 bridgehead atoms. The van der Waals surface area contributed by atoms with Gasteiger partial charge in [-0.05, 0) is 45.7 Å². The van der Waals surface area contributed by atoms with Gasteiger partial charge in [-0.25, -0.2) is 18.0 Å². The second kappa shape index (κ2) is 9.35. The average Bonchev–Trinajstić information content (AvgIpc) is 2.50. The van der Waals surface area contributed by atoms with Gasteiger partial charge in [0.25, 0.3) is 10.0 Å². The molecule has 0 amide bonds. The van der Waals surface area contributed by atoms with E-state index in [0.717, 1.165) is 11.8 Å². The molecule has 0 spiro atoms. The highest BCUT2D eigenvalue weighted by molar-refractivity contribution is 7.89. The SMILES string of the molecule is CCOC(=O)C(=CNNS(=O)(=O)c1c(C)cc(C)cc1C)C(=O)OCC. The van der Waals surface area contributed by atoms with E-state index >= 15 is 0 Å². The number of carbonyl (C=O) groups is 2. The molecule has 0 atom stereocenters. The highest BCUT2D eigenvalue weighted by Gasteiger charge is 2.23. The fraction of sp³-hybridized carbons (Fsp3) is 0.412. The predicted octanol–water partition coefficient (Wildman–Crippen LogP) is 1.40. The molecule has 26 heavy (non-hydrogen) atoms. The van der Waals surface area contributed by atoms with Gasteiger partial charge in [0.05, 0.1) is 18.1 Å². The fourth-order valence-corrected chi connectivity index (χ4v) is 3.72. The van der Waals surface area contributed by atoms with Gasteiger partial charge >= 0.3 is 11.9 Å². The van der Waals surface area contributed by atoms with Crippen LogP contribution in [-0.4, -0.2) is 33.6 Å². The Morgan fingerprint density at radius 1 is 1.00 bits per heavy atom. The number of hydrazine groups is 1. The third kappa shape index (κ3) is 5.57. The molecule has 0 radical (unpaired) electrons. The Hall–Kier alpha value is -2.39. The van der Waals surface area contributed by atoms with Gasteiger partial charge in [0.2, 0.25) is 0 Å². The molecule has 1 rings (SSSR count). The zero-order valence-electron chi connectivity index (χ0n) is 15.5. The van der Waals surface area contributed by atoms with Crippen molar-refractivity contribution in [1.29, 1.82) is 0 Å². The summed E-state index contributed by atoms with van der Waals surface area (Å²) >= 11 is 0. The number of benzene rings is 1. The fourth-order valence-electron chi connectivity index (χ4n) is 2.44. The lowest BCUT2D eigenvalue weighted by atomic mass is 10.1. The van der Waals surface area contributed by atoms with E-state index in [9.17, 15) is 18.0 Å². The van der Waals surface area contributed by atoms with E-state index < -0.39 is 27.5 Å².